The fourth-order valence-corrected chi connectivity index (χ4v) is 1.44. The zero-order valence-electron chi connectivity index (χ0n) is 8.38. The number of rotatable bonds is 2. The molecule has 2 rings (SSSR count). The van der Waals surface area contributed by atoms with E-state index in [0.717, 1.165) is 0 Å². The smallest absolute Gasteiger partial charge is 0.339 e. The molecule has 16 heavy (non-hydrogen) atoms. The molecule has 2 heterocycles. The van der Waals surface area contributed by atoms with E-state index in [1.54, 1.807) is 19.2 Å². The molecule has 0 aromatic carbocycles. The summed E-state index contributed by atoms with van der Waals surface area (Å²) in [5.41, 5.74) is 1.17. The van der Waals surface area contributed by atoms with Crippen molar-refractivity contribution in [1.29, 1.82) is 0 Å². The van der Waals surface area contributed by atoms with Gasteiger partial charge in [-0.15, -0.1) is 0 Å². The molecule has 5 nitrogen and oxygen atoms in total. The molecule has 0 bridgehead atoms. The van der Waals surface area contributed by atoms with Crippen LogP contribution >= 0.6 is 11.6 Å². The van der Waals surface area contributed by atoms with E-state index < -0.39 is 5.97 Å². The predicted octanol–water partition coefficient (Wildman–Crippen LogP) is 1.93. The van der Waals surface area contributed by atoms with Crippen LogP contribution in [0.3, 0.4) is 0 Å². The van der Waals surface area contributed by atoms with E-state index in [-0.39, 0.29) is 5.56 Å². The summed E-state index contributed by atoms with van der Waals surface area (Å²) in [4.78, 5) is 14.7. The molecule has 0 fully saturated rings. The molecular weight excluding hydrogens is 230 g/mol. The first-order valence-electron chi connectivity index (χ1n) is 4.49. The van der Waals surface area contributed by atoms with E-state index in [2.05, 4.69) is 10.1 Å². The molecule has 0 aliphatic carbocycles. The topological polar surface area (TPSA) is 68.0 Å². The average molecular weight is 238 g/mol. The van der Waals surface area contributed by atoms with Crippen LogP contribution in [0.1, 0.15) is 16.1 Å². The zero-order chi connectivity index (χ0) is 11.7. The third kappa shape index (κ3) is 1.77. The van der Waals surface area contributed by atoms with Gasteiger partial charge in [-0.2, -0.15) is 5.10 Å². The Labute approximate surface area is 96.3 Å². The summed E-state index contributed by atoms with van der Waals surface area (Å²) in [7, 11) is 0. The van der Waals surface area contributed by atoms with Crippen LogP contribution in [0.15, 0.2) is 24.7 Å². The molecule has 0 spiro atoms. The number of hydrogen-bond acceptors (Lipinski definition) is 3. The molecule has 0 amide bonds. The Kier molecular flexibility index (Phi) is 2.62. The lowest BCUT2D eigenvalue weighted by atomic mass is 10.2. The molecule has 0 saturated heterocycles. The number of hydrogen-bond donors (Lipinski definition) is 1. The molecule has 2 aromatic rings. The SMILES string of the molecule is Cc1nn(-c2ccncc2C(=O)O)cc1Cl. The number of halogens is 1. The highest BCUT2D eigenvalue weighted by Gasteiger charge is 2.13. The second kappa shape index (κ2) is 3.94. The molecular formula is C10H8ClN3O2. The van der Waals surface area contributed by atoms with Crippen molar-refractivity contribution in [2.45, 2.75) is 6.92 Å². The van der Waals surface area contributed by atoms with Gasteiger partial charge in [0.25, 0.3) is 0 Å². The number of aryl methyl sites for hydroxylation is 1. The number of carboxylic acid groups (broad SMARTS) is 1. The highest BCUT2D eigenvalue weighted by atomic mass is 35.5. The average Bonchev–Trinajstić information content (AvgIpc) is 2.59. The van der Waals surface area contributed by atoms with E-state index in [9.17, 15) is 4.79 Å². The van der Waals surface area contributed by atoms with Crippen LogP contribution in [-0.4, -0.2) is 25.8 Å². The van der Waals surface area contributed by atoms with Crippen molar-refractivity contribution in [3.63, 3.8) is 0 Å². The first kappa shape index (κ1) is 10.6. The standard InChI is InChI=1S/C10H8ClN3O2/c1-6-8(11)5-14(13-6)9-2-3-12-4-7(9)10(15)16/h2-5H,1H3,(H,15,16). The van der Waals surface area contributed by atoms with E-state index in [1.807, 2.05) is 0 Å². The Morgan fingerprint density at radius 3 is 2.88 bits per heavy atom. The van der Waals surface area contributed by atoms with E-state index in [0.29, 0.717) is 16.4 Å². The van der Waals surface area contributed by atoms with E-state index >= 15 is 0 Å². The normalized spacial score (nSPS) is 10.4. The van der Waals surface area contributed by atoms with Crippen molar-refractivity contribution in [2.75, 3.05) is 0 Å². The lowest BCUT2D eigenvalue weighted by molar-refractivity contribution is 0.0696. The molecule has 6 heteroatoms. The van der Waals surface area contributed by atoms with Crippen LogP contribution in [0.4, 0.5) is 0 Å². The van der Waals surface area contributed by atoms with Gasteiger partial charge in [0.2, 0.25) is 0 Å². The molecule has 0 unspecified atom stereocenters. The van der Waals surface area contributed by atoms with Crippen molar-refractivity contribution in [2.24, 2.45) is 0 Å². The monoisotopic (exact) mass is 237 g/mol. The van der Waals surface area contributed by atoms with Crippen molar-refractivity contribution in [3.8, 4) is 5.69 Å². The number of pyridine rings is 1. The minimum Gasteiger partial charge on any atom is -0.478 e. The predicted molar refractivity (Wildman–Crippen MR) is 58.1 cm³/mol. The fraction of sp³-hybridized carbons (Fsp3) is 0.100. The number of carboxylic acids is 1. The third-order valence-corrected chi connectivity index (χ3v) is 2.49. The van der Waals surface area contributed by atoms with Gasteiger partial charge in [0, 0.05) is 18.6 Å². The van der Waals surface area contributed by atoms with Gasteiger partial charge in [0.1, 0.15) is 5.56 Å². The second-order valence-electron chi connectivity index (χ2n) is 3.20. The third-order valence-electron chi connectivity index (χ3n) is 2.11. The first-order chi connectivity index (χ1) is 7.59. The fourth-order valence-electron chi connectivity index (χ4n) is 1.31. The highest BCUT2D eigenvalue weighted by molar-refractivity contribution is 6.31. The molecule has 0 atom stereocenters. The largest absolute Gasteiger partial charge is 0.478 e. The zero-order valence-corrected chi connectivity index (χ0v) is 9.14. The maximum atomic E-state index is 11.0. The van der Waals surface area contributed by atoms with Gasteiger partial charge in [-0.05, 0) is 13.0 Å². The van der Waals surface area contributed by atoms with Gasteiger partial charge in [-0.1, -0.05) is 11.6 Å². The van der Waals surface area contributed by atoms with Gasteiger partial charge in [-0.3, -0.25) is 4.98 Å². The van der Waals surface area contributed by atoms with Crippen LogP contribution in [0.5, 0.6) is 0 Å². The summed E-state index contributed by atoms with van der Waals surface area (Å²) in [6.07, 6.45) is 4.36. The highest BCUT2D eigenvalue weighted by Crippen LogP contribution is 2.18. The molecule has 0 saturated carbocycles. The van der Waals surface area contributed by atoms with E-state index in [1.165, 1.54) is 17.1 Å². The Balaban J connectivity index is 2.59. The van der Waals surface area contributed by atoms with Gasteiger partial charge < -0.3 is 5.11 Å². The summed E-state index contributed by atoms with van der Waals surface area (Å²) >= 11 is 5.86. The summed E-state index contributed by atoms with van der Waals surface area (Å²) in [6.45, 7) is 1.75. The number of aromatic carboxylic acids is 1. The summed E-state index contributed by atoms with van der Waals surface area (Å²) in [6, 6.07) is 1.58. The molecule has 0 aliphatic heterocycles. The quantitative estimate of drug-likeness (QED) is 0.867. The van der Waals surface area contributed by atoms with Crippen molar-refractivity contribution in [1.82, 2.24) is 14.8 Å². The number of nitrogens with zero attached hydrogens (tertiary/aromatic N) is 3. The molecule has 1 N–H and O–H groups in total. The summed E-state index contributed by atoms with van der Waals surface area (Å²) < 4.78 is 1.43. The van der Waals surface area contributed by atoms with Crippen LogP contribution in [0, 0.1) is 6.92 Å². The van der Waals surface area contributed by atoms with Crippen LogP contribution in [-0.2, 0) is 0 Å². The Hall–Kier alpha value is -1.88. The minimum atomic E-state index is -1.05. The number of aromatic nitrogens is 3. The lowest BCUT2D eigenvalue weighted by Crippen LogP contribution is -2.06. The van der Waals surface area contributed by atoms with Gasteiger partial charge >= 0.3 is 5.97 Å². The van der Waals surface area contributed by atoms with Crippen molar-refractivity contribution >= 4 is 17.6 Å². The van der Waals surface area contributed by atoms with Crippen LogP contribution < -0.4 is 0 Å². The number of carbonyl (C=O) groups is 1. The van der Waals surface area contributed by atoms with Crippen molar-refractivity contribution < 1.29 is 9.90 Å². The summed E-state index contributed by atoms with van der Waals surface area (Å²) in [5, 5.41) is 13.6. The van der Waals surface area contributed by atoms with Crippen molar-refractivity contribution in [3.05, 3.63) is 40.9 Å². The van der Waals surface area contributed by atoms with Gasteiger partial charge in [-0.25, -0.2) is 9.48 Å². The van der Waals surface area contributed by atoms with Gasteiger partial charge in [0.15, 0.2) is 0 Å². The van der Waals surface area contributed by atoms with Crippen LogP contribution in [0.25, 0.3) is 5.69 Å². The van der Waals surface area contributed by atoms with Gasteiger partial charge in [0.05, 0.1) is 16.4 Å². The maximum absolute atomic E-state index is 11.0. The molecule has 0 radical (unpaired) electrons. The maximum Gasteiger partial charge on any atom is 0.339 e. The minimum absolute atomic E-state index is 0.0849. The Morgan fingerprint density at radius 1 is 1.56 bits per heavy atom. The molecule has 2 aromatic heterocycles. The second-order valence-corrected chi connectivity index (χ2v) is 3.61. The lowest BCUT2D eigenvalue weighted by Gasteiger charge is -2.04. The summed E-state index contributed by atoms with van der Waals surface area (Å²) in [5.74, 6) is -1.05. The first-order valence-corrected chi connectivity index (χ1v) is 4.87. The van der Waals surface area contributed by atoms with E-state index in [4.69, 9.17) is 16.7 Å². The Morgan fingerprint density at radius 2 is 2.31 bits per heavy atom. The molecule has 82 valence electrons. The Bertz CT molecular complexity index is 531. The molecule has 0 aliphatic rings. The van der Waals surface area contributed by atoms with Crippen LogP contribution in [0.2, 0.25) is 5.02 Å².